The van der Waals surface area contributed by atoms with Gasteiger partial charge < -0.3 is 30.7 Å². The molecule has 5 rings (SSSR count). The Bertz CT molecular complexity index is 1820. The third kappa shape index (κ3) is 9.07. The van der Waals surface area contributed by atoms with Crippen LogP contribution >= 0.6 is 0 Å². The smallest absolute Gasteiger partial charge is 0.339 e. The molecule has 4 aromatic rings. The van der Waals surface area contributed by atoms with Gasteiger partial charge in [0.05, 0.1) is 17.3 Å². The van der Waals surface area contributed by atoms with E-state index in [1.54, 1.807) is 6.07 Å². The van der Waals surface area contributed by atoms with Crippen LogP contribution in [0.3, 0.4) is 0 Å². The van der Waals surface area contributed by atoms with Gasteiger partial charge in [-0.2, -0.15) is 0 Å². The van der Waals surface area contributed by atoms with Gasteiger partial charge >= 0.3 is 11.9 Å². The maximum absolute atomic E-state index is 13.4. The quantitative estimate of drug-likeness (QED) is 0.130. The molecular weight excluding hydrogens is 624 g/mol. The third-order valence-electron chi connectivity index (χ3n) is 8.23. The number of nitrogens with zero attached hydrogens (tertiary/aromatic N) is 3. The van der Waals surface area contributed by atoms with E-state index < -0.39 is 17.8 Å². The summed E-state index contributed by atoms with van der Waals surface area (Å²) in [6.45, 7) is 3.53. The fraction of sp³-hybridized carbons (Fsp3) is 0.243. The molecule has 0 spiro atoms. The zero-order valence-corrected chi connectivity index (χ0v) is 27.1. The number of primary amides is 1. The van der Waals surface area contributed by atoms with E-state index in [2.05, 4.69) is 27.2 Å². The monoisotopic (exact) mass is 662 g/mol. The minimum absolute atomic E-state index is 0.00429. The van der Waals surface area contributed by atoms with Gasteiger partial charge in [0.1, 0.15) is 19.0 Å². The molecular formula is C37H38N6O6. The molecule has 0 bridgehead atoms. The third-order valence-corrected chi connectivity index (χ3v) is 8.23. The minimum Gasteiger partial charge on any atom is -0.457 e. The van der Waals surface area contributed by atoms with E-state index in [9.17, 15) is 19.2 Å². The highest BCUT2D eigenvalue weighted by Crippen LogP contribution is 2.28. The second-order valence-corrected chi connectivity index (χ2v) is 11.6. The number of hydrogen-bond donors (Lipinski definition) is 3. The van der Waals surface area contributed by atoms with Crippen molar-refractivity contribution < 1.29 is 28.7 Å². The Morgan fingerprint density at radius 1 is 0.918 bits per heavy atom. The molecule has 1 heterocycles. The lowest BCUT2D eigenvalue weighted by atomic mass is 9.90. The molecule has 1 aliphatic rings. The number of nitrogens with one attached hydrogen (secondary N) is 2. The summed E-state index contributed by atoms with van der Waals surface area (Å²) in [5, 5.41) is 6.03. The van der Waals surface area contributed by atoms with Gasteiger partial charge in [-0.1, -0.05) is 67.2 Å². The Hall–Kier alpha value is -6.04. The number of ether oxygens (including phenoxy) is 2. The molecule has 1 saturated carbocycles. The zero-order chi connectivity index (χ0) is 34.8. The van der Waals surface area contributed by atoms with E-state index in [-0.39, 0.29) is 53.8 Å². The summed E-state index contributed by atoms with van der Waals surface area (Å²) in [4.78, 5) is 61.9. The molecule has 2 amide bonds. The molecule has 1 aliphatic carbocycles. The second-order valence-electron chi connectivity index (χ2n) is 11.6. The van der Waals surface area contributed by atoms with Crippen LogP contribution in [-0.4, -0.2) is 52.9 Å². The fourth-order valence-corrected chi connectivity index (χ4v) is 5.62. The molecule has 49 heavy (non-hydrogen) atoms. The average Bonchev–Trinajstić information content (AvgIpc) is 3.13. The van der Waals surface area contributed by atoms with Crippen LogP contribution in [0.2, 0.25) is 0 Å². The number of nitrogens with two attached hydrogens (primary N) is 1. The summed E-state index contributed by atoms with van der Waals surface area (Å²) in [7, 11) is 1.87. The van der Waals surface area contributed by atoms with Crippen molar-refractivity contribution in [3.05, 3.63) is 126 Å². The largest absolute Gasteiger partial charge is 0.457 e. The van der Waals surface area contributed by atoms with Crippen molar-refractivity contribution in [2.24, 2.45) is 5.73 Å². The molecule has 1 unspecified atom stereocenters. The SMILES string of the molecule is C=CC(=O)NC1CCC[C@@H](N(C)c2cnc(C(N)=O)c(Nc3ccc(C(=O)OCc4ccccc4)c(C(=O)OCc4ccccc4)c3)n2)C1. The van der Waals surface area contributed by atoms with Crippen LogP contribution in [0.4, 0.5) is 17.3 Å². The van der Waals surface area contributed by atoms with Crippen molar-refractivity contribution in [2.45, 2.75) is 51.0 Å². The maximum atomic E-state index is 13.4. The second kappa shape index (κ2) is 16.2. The average molecular weight is 663 g/mol. The summed E-state index contributed by atoms with van der Waals surface area (Å²) < 4.78 is 11.1. The van der Waals surface area contributed by atoms with Crippen LogP contribution in [0.1, 0.15) is 68.0 Å². The molecule has 252 valence electrons. The highest BCUT2D eigenvalue weighted by Gasteiger charge is 2.28. The Morgan fingerprint density at radius 2 is 1.55 bits per heavy atom. The van der Waals surface area contributed by atoms with Crippen molar-refractivity contribution in [1.82, 2.24) is 15.3 Å². The maximum Gasteiger partial charge on any atom is 0.339 e. The van der Waals surface area contributed by atoms with Crippen LogP contribution in [-0.2, 0) is 27.5 Å². The van der Waals surface area contributed by atoms with E-state index >= 15 is 0 Å². The lowest BCUT2D eigenvalue weighted by Gasteiger charge is -2.36. The van der Waals surface area contributed by atoms with Crippen molar-refractivity contribution in [3.8, 4) is 0 Å². The number of rotatable bonds is 13. The number of esters is 2. The van der Waals surface area contributed by atoms with Crippen LogP contribution in [0.15, 0.2) is 97.7 Å². The zero-order valence-electron chi connectivity index (χ0n) is 27.1. The van der Waals surface area contributed by atoms with Crippen LogP contribution in [0, 0.1) is 0 Å². The number of carbonyl (C=O) groups is 4. The summed E-state index contributed by atoms with van der Waals surface area (Å²) in [6, 6.07) is 22.8. The van der Waals surface area contributed by atoms with E-state index in [4.69, 9.17) is 15.2 Å². The standard InChI is InChI=1S/C37H38N6O6/c1-3-32(44)40-26-15-10-16-28(19-26)43(2)31-21-39-33(34(38)45)35(42-31)41-27-17-18-29(36(46)48-22-24-11-6-4-7-12-24)30(20-27)37(47)49-23-25-13-8-5-9-14-25/h3-9,11-14,17-18,20-21,26,28H,1,10,15-16,19,22-23H2,2H3,(H2,38,45)(H,40,44)(H,41,42)/t26?,28-/m1/s1. The number of carbonyl (C=O) groups excluding carboxylic acids is 4. The predicted octanol–water partition coefficient (Wildman–Crippen LogP) is 5.08. The Balaban J connectivity index is 1.40. The van der Waals surface area contributed by atoms with Gasteiger partial charge in [-0.15, -0.1) is 0 Å². The summed E-state index contributed by atoms with van der Waals surface area (Å²) in [5.74, 6) is -1.95. The first-order valence-corrected chi connectivity index (χ1v) is 15.9. The van der Waals surface area contributed by atoms with Gasteiger partial charge in [0.2, 0.25) is 5.91 Å². The molecule has 0 radical (unpaired) electrons. The van der Waals surface area contributed by atoms with E-state index in [1.165, 1.54) is 24.4 Å². The molecule has 0 aliphatic heterocycles. The summed E-state index contributed by atoms with van der Waals surface area (Å²) >= 11 is 0. The first-order valence-electron chi connectivity index (χ1n) is 15.9. The number of amides is 2. The van der Waals surface area contributed by atoms with Gasteiger partial charge in [0, 0.05) is 24.8 Å². The minimum atomic E-state index is -0.808. The van der Waals surface area contributed by atoms with Gasteiger partial charge in [0.15, 0.2) is 11.5 Å². The van der Waals surface area contributed by atoms with Crippen LogP contribution < -0.4 is 21.3 Å². The Kier molecular flexibility index (Phi) is 11.3. The first kappa shape index (κ1) is 34.3. The lowest BCUT2D eigenvalue weighted by Crippen LogP contribution is -2.44. The van der Waals surface area contributed by atoms with Crippen molar-refractivity contribution in [3.63, 3.8) is 0 Å². The molecule has 2 atom stereocenters. The van der Waals surface area contributed by atoms with E-state index in [0.29, 0.717) is 17.9 Å². The predicted molar refractivity (Wildman–Crippen MR) is 184 cm³/mol. The van der Waals surface area contributed by atoms with Gasteiger partial charge in [-0.05, 0) is 61.1 Å². The lowest BCUT2D eigenvalue weighted by molar-refractivity contribution is -0.117. The van der Waals surface area contributed by atoms with E-state index in [0.717, 1.165) is 30.4 Å². The van der Waals surface area contributed by atoms with Gasteiger partial charge in [-0.3, -0.25) is 9.59 Å². The van der Waals surface area contributed by atoms with Crippen molar-refractivity contribution in [2.75, 3.05) is 17.3 Å². The molecule has 1 aromatic heterocycles. The number of anilines is 3. The molecule has 3 aromatic carbocycles. The normalized spacial score (nSPS) is 15.4. The highest BCUT2D eigenvalue weighted by atomic mass is 16.5. The van der Waals surface area contributed by atoms with Crippen molar-refractivity contribution in [1.29, 1.82) is 0 Å². The van der Waals surface area contributed by atoms with Crippen LogP contribution in [0.25, 0.3) is 0 Å². The fourth-order valence-electron chi connectivity index (χ4n) is 5.62. The highest BCUT2D eigenvalue weighted by molar-refractivity contribution is 6.04. The first-order chi connectivity index (χ1) is 23.7. The molecule has 0 saturated heterocycles. The molecule has 12 nitrogen and oxygen atoms in total. The van der Waals surface area contributed by atoms with Crippen molar-refractivity contribution >= 4 is 41.1 Å². The van der Waals surface area contributed by atoms with E-state index in [1.807, 2.05) is 72.6 Å². The summed E-state index contributed by atoms with van der Waals surface area (Å²) in [5.41, 5.74) is 7.38. The number of benzene rings is 3. The molecule has 4 N–H and O–H groups in total. The summed E-state index contributed by atoms with van der Waals surface area (Å²) in [6.07, 6.45) is 6.04. The van der Waals surface area contributed by atoms with Gasteiger partial charge in [0.25, 0.3) is 5.91 Å². The topological polar surface area (TPSA) is 166 Å². The van der Waals surface area contributed by atoms with Crippen LogP contribution in [0.5, 0.6) is 0 Å². The molecule has 1 fully saturated rings. The van der Waals surface area contributed by atoms with Gasteiger partial charge in [-0.25, -0.2) is 19.6 Å². The number of hydrogen-bond acceptors (Lipinski definition) is 10. The number of aromatic nitrogens is 2. The Labute approximate surface area is 284 Å². The Morgan fingerprint density at radius 3 is 2.16 bits per heavy atom. The molecule has 12 heteroatoms.